The van der Waals surface area contributed by atoms with Crippen molar-refractivity contribution in [3.05, 3.63) is 32.8 Å². The van der Waals surface area contributed by atoms with Gasteiger partial charge in [0.05, 0.1) is 9.98 Å². The van der Waals surface area contributed by atoms with E-state index in [-0.39, 0.29) is 10.7 Å². The Kier molecular flexibility index (Phi) is 3.22. The van der Waals surface area contributed by atoms with Crippen molar-refractivity contribution < 1.29 is 9.90 Å². The summed E-state index contributed by atoms with van der Waals surface area (Å²) < 4.78 is 0.909. The Hall–Kier alpha value is -0.980. The van der Waals surface area contributed by atoms with Gasteiger partial charge < -0.3 is 5.11 Å². The zero-order valence-electron chi connectivity index (χ0n) is 7.65. The van der Waals surface area contributed by atoms with Gasteiger partial charge in [-0.3, -0.25) is 0 Å². The summed E-state index contributed by atoms with van der Waals surface area (Å²) >= 11 is 10.4. The zero-order valence-corrected chi connectivity index (χ0v) is 10.8. The van der Waals surface area contributed by atoms with Crippen molar-refractivity contribution >= 4 is 44.8 Å². The lowest BCUT2D eigenvalue weighted by molar-refractivity contribution is 0.0697. The minimum Gasteiger partial charge on any atom is -0.478 e. The van der Waals surface area contributed by atoms with E-state index in [1.165, 1.54) is 17.5 Å². The van der Waals surface area contributed by atoms with E-state index in [0.29, 0.717) is 5.56 Å². The Labute approximate surface area is 108 Å². The molecule has 7 heteroatoms. The van der Waals surface area contributed by atoms with Crippen molar-refractivity contribution in [1.82, 2.24) is 10.2 Å². The number of aromatic carboxylic acids is 1. The van der Waals surface area contributed by atoms with Crippen molar-refractivity contribution in [2.45, 2.75) is 0 Å². The molecule has 2 rings (SSSR count). The van der Waals surface area contributed by atoms with Crippen LogP contribution in [0.25, 0.3) is 10.4 Å². The topological polar surface area (TPSA) is 63.1 Å². The van der Waals surface area contributed by atoms with E-state index in [9.17, 15) is 4.79 Å². The molecule has 2 aromatic rings. The van der Waals surface area contributed by atoms with Crippen LogP contribution in [0.5, 0.6) is 0 Å². The summed E-state index contributed by atoms with van der Waals surface area (Å²) in [5, 5.41) is 16.1. The highest BCUT2D eigenvalue weighted by Crippen LogP contribution is 2.34. The first-order valence-electron chi connectivity index (χ1n) is 4.10. The van der Waals surface area contributed by atoms with Gasteiger partial charge in [-0.05, 0) is 28.1 Å². The second-order valence-electron chi connectivity index (χ2n) is 2.83. The molecule has 0 aliphatic carbocycles. The lowest BCUT2D eigenvalue weighted by Crippen LogP contribution is -2.03. The molecule has 4 nitrogen and oxygen atoms in total. The molecular weight excluding hydrogens is 316 g/mol. The Bertz CT molecular complexity index is 558. The molecule has 0 spiro atoms. The SMILES string of the molecule is O=C(O)c1c(-c2ccc(Br)s2)cnnc1Cl. The van der Waals surface area contributed by atoms with E-state index < -0.39 is 5.97 Å². The molecule has 0 unspecified atom stereocenters. The molecule has 0 radical (unpaired) electrons. The van der Waals surface area contributed by atoms with E-state index >= 15 is 0 Å². The van der Waals surface area contributed by atoms with Gasteiger partial charge in [0.25, 0.3) is 0 Å². The van der Waals surface area contributed by atoms with Crippen LogP contribution in [-0.2, 0) is 0 Å². The maximum Gasteiger partial charge on any atom is 0.339 e. The highest BCUT2D eigenvalue weighted by atomic mass is 79.9. The molecule has 0 bridgehead atoms. The van der Waals surface area contributed by atoms with Crippen LogP contribution in [0.1, 0.15) is 10.4 Å². The first-order chi connectivity index (χ1) is 7.59. The Morgan fingerprint density at radius 2 is 2.25 bits per heavy atom. The molecule has 0 saturated carbocycles. The summed E-state index contributed by atoms with van der Waals surface area (Å²) in [7, 11) is 0. The van der Waals surface area contributed by atoms with E-state index in [2.05, 4.69) is 26.1 Å². The molecule has 2 heterocycles. The van der Waals surface area contributed by atoms with Gasteiger partial charge in [-0.15, -0.1) is 16.4 Å². The number of carbonyl (C=O) groups is 1. The van der Waals surface area contributed by atoms with Gasteiger partial charge in [-0.2, -0.15) is 5.10 Å². The standard InChI is InChI=1S/C9H4BrClN2O2S/c10-6-2-1-5(16-6)4-3-12-13-8(11)7(4)9(14)15/h1-3H,(H,14,15). The van der Waals surface area contributed by atoms with Crippen molar-refractivity contribution in [3.63, 3.8) is 0 Å². The predicted octanol–water partition coefficient (Wildman–Crippen LogP) is 3.32. The van der Waals surface area contributed by atoms with Crippen LogP contribution in [0.15, 0.2) is 22.1 Å². The van der Waals surface area contributed by atoms with Gasteiger partial charge in [-0.25, -0.2) is 4.79 Å². The van der Waals surface area contributed by atoms with Crippen molar-refractivity contribution in [3.8, 4) is 10.4 Å². The van der Waals surface area contributed by atoms with Crippen LogP contribution >= 0.6 is 38.9 Å². The average molecular weight is 320 g/mol. The number of hydrogen-bond acceptors (Lipinski definition) is 4. The van der Waals surface area contributed by atoms with Crippen LogP contribution in [0, 0.1) is 0 Å². The summed E-state index contributed by atoms with van der Waals surface area (Å²) in [5.41, 5.74) is 0.453. The first kappa shape index (κ1) is 11.5. The average Bonchev–Trinajstić information content (AvgIpc) is 2.63. The smallest absolute Gasteiger partial charge is 0.339 e. The number of nitrogens with zero attached hydrogens (tertiary/aromatic N) is 2. The molecule has 0 aliphatic rings. The minimum atomic E-state index is -1.11. The first-order valence-corrected chi connectivity index (χ1v) is 6.08. The third-order valence-electron chi connectivity index (χ3n) is 1.86. The molecule has 2 aromatic heterocycles. The highest BCUT2D eigenvalue weighted by molar-refractivity contribution is 9.11. The van der Waals surface area contributed by atoms with Gasteiger partial charge in [0, 0.05) is 10.4 Å². The third kappa shape index (κ3) is 2.09. The number of rotatable bonds is 2. The summed E-state index contributed by atoms with van der Waals surface area (Å²) in [5.74, 6) is -1.11. The maximum atomic E-state index is 11.1. The summed E-state index contributed by atoms with van der Waals surface area (Å²) in [6, 6.07) is 3.63. The van der Waals surface area contributed by atoms with E-state index in [4.69, 9.17) is 16.7 Å². The summed E-state index contributed by atoms with van der Waals surface area (Å²) in [6.45, 7) is 0. The summed E-state index contributed by atoms with van der Waals surface area (Å²) in [4.78, 5) is 11.8. The number of carboxylic acid groups (broad SMARTS) is 1. The van der Waals surface area contributed by atoms with Crippen LogP contribution in [0.3, 0.4) is 0 Å². The van der Waals surface area contributed by atoms with Crippen molar-refractivity contribution in [2.75, 3.05) is 0 Å². The minimum absolute atomic E-state index is 0.0222. The van der Waals surface area contributed by atoms with Crippen molar-refractivity contribution in [2.24, 2.45) is 0 Å². The Balaban J connectivity index is 2.65. The number of carboxylic acids is 1. The Morgan fingerprint density at radius 3 is 2.81 bits per heavy atom. The number of aromatic nitrogens is 2. The van der Waals surface area contributed by atoms with Gasteiger partial charge >= 0.3 is 5.97 Å². The normalized spacial score (nSPS) is 10.4. The van der Waals surface area contributed by atoms with Crippen LogP contribution in [-0.4, -0.2) is 21.3 Å². The van der Waals surface area contributed by atoms with E-state index in [0.717, 1.165) is 8.66 Å². The fraction of sp³-hybridized carbons (Fsp3) is 0. The number of thiophene rings is 1. The quantitative estimate of drug-likeness (QED) is 0.922. The van der Waals surface area contributed by atoms with E-state index in [1.807, 2.05) is 6.07 Å². The fourth-order valence-corrected chi connectivity index (χ4v) is 2.84. The lowest BCUT2D eigenvalue weighted by atomic mass is 10.1. The molecule has 0 atom stereocenters. The fourth-order valence-electron chi connectivity index (χ4n) is 1.21. The molecular formula is C9H4BrClN2O2S. The largest absolute Gasteiger partial charge is 0.478 e. The van der Waals surface area contributed by atoms with Gasteiger partial charge in [-0.1, -0.05) is 11.6 Å². The maximum absolute atomic E-state index is 11.1. The zero-order chi connectivity index (χ0) is 11.7. The monoisotopic (exact) mass is 318 g/mol. The molecule has 16 heavy (non-hydrogen) atoms. The predicted molar refractivity (Wildman–Crippen MR) is 65.0 cm³/mol. The molecule has 0 amide bonds. The van der Waals surface area contributed by atoms with Crippen LogP contribution < -0.4 is 0 Å². The van der Waals surface area contributed by atoms with Crippen LogP contribution in [0.2, 0.25) is 5.15 Å². The second kappa shape index (κ2) is 4.48. The molecule has 0 aromatic carbocycles. The lowest BCUT2D eigenvalue weighted by Gasteiger charge is -2.03. The Morgan fingerprint density at radius 1 is 1.50 bits per heavy atom. The third-order valence-corrected chi connectivity index (χ3v) is 3.78. The number of hydrogen-bond donors (Lipinski definition) is 1. The highest BCUT2D eigenvalue weighted by Gasteiger charge is 2.18. The molecule has 1 N–H and O–H groups in total. The van der Waals surface area contributed by atoms with Gasteiger partial charge in [0.1, 0.15) is 5.56 Å². The summed E-state index contributed by atoms with van der Waals surface area (Å²) in [6.07, 6.45) is 1.40. The van der Waals surface area contributed by atoms with Gasteiger partial charge in [0.15, 0.2) is 5.15 Å². The molecule has 82 valence electrons. The van der Waals surface area contributed by atoms with Crippen molar-refractivity contribution in [1.29, 1.82) is 0 Å². The van der Waals surface area contributed by atoms with Gasteiger partial charge in [0.2, 0.25) is 0 Å². The second-order valence-corrected chi connectivity index (χ2v) is 5.65. The van der Waals surface area contributed by atoms with E-state index in [1.54, 1.807) is 6.07 Å². The molecule has 0 aliphatic heterocycles. The molecule has 0 saturated heterocycles. The molecule has 0 fully saturated rings. The number of halogens is 2. The van der Waals surface area contributed by atoms with Crippen LogP contribution in [0.4, 0.5) is 0 Å².